The lowest BCUT2D eigenvalue weighted by Crippen LogP contribution is -2.06. The van der Waals surface area contributed by atoms with E-state index in [2.05, 4.69) is 13.8 Å². The maximum atomic E-state index is 11.7. The van der Waals surface area contributed by atoms with Gasteiger partial charge in [-0.1, -0.05) is 20.8 Å². The van der Waals surface area contributed by atoms with Crippen molar-refractivity contribution in [2.24, 2.45) is 0 Å². The minimum Gasteiger partial charge on any atom is -0.386 e. The van der Waals surface area contributed by atoms with Crippen LogP contribution in [-0.2, 0) is 24.0 Å². The van der Waals surface area contributed by atoms with Crippen molar-refractivity contribution in [2.45, 2.75) is 40.0 Å². The molecule has 1 aliphatic rings. The molecule has 0 N–H and O–H groups in total. The van der Waals surface area contributed by atoms with Crippen molar-refractivity contribution >= 4 is 11.9 Å². The van der Waals surface area contributed by atoms with Gasteiger partial charge in [-0.3, -0.25) is 0 Å². The molecule has 0 bridgehead atoms. The molecule has 0 radical (unpaired) electrons. The van der Waals surface area contributed by atoms with Crippen molar-refractivity contribution in [3.8, 4) is 0 Å². The van der Waals surface area contributed by atoms with Crippen molar-refractivity contribution in [2.75, 3.05) is 0 Å². The second kappa shape index (κ2) is 4.32. The van der Waals surface area contributed by atoms with Gasteiger partial charge in [0, 0.05) is 0 Å². The molecule has 0 saturated heterocycles. The van der Waals surface area contributed by atoms with Gasteiger partial charge in [0.15, 0.2) is 0 Å². The normalized spacial score (nSPS) is 13.8. The number of carbonyl (C=O) groups excluding carboxylic acids is 2. The molecule has 0 amide bonds. The third-order valence-corrected chi connectivity index (χ3v) is 3.34. The lowest BCUT2D eigenvalue weighted by atomic mass is 9.89. The molecule has 3 heteroatoms. The third kappa shape index (κ3) is 1.66. The van der Waals surface area contributed by atoms with Gasteiger partial charge in [-0.25, -0.2) is 9.59 Å². The lowest BCUT2D eigenvalue weighted by Gasteiger charge is -2.13. The van der Waals surface area contributed by atoms with Crippen LogP contribution in [0.25, 0.3) is 0 Å². The molecular formula is C14H16O3. The zero-order valence-corrected chi connectivity index (χ0v) is 10.4. The van der Waals surface area contributed by atoms with Gasteiger partial charge >= 0.3 is 11.9 Å². The Balaban J connectivity index is 2.78. The lowest BCUT2D eigenvalue weighted by molar-refractivity contribution is 0.0443. The molecule has 2 rings (SSSR count). The first-order valence-corrected chi connectivity index (χ1v) is 6.08. The quantitative estimate of drug-likeness (QED) is 0.594. The van der Waals surface area contributed by atoms with E-state index in [9.17, 15) is 9.59 Å². The summed E-state index contributed by atoms with van der Waals surface area (Å²) in [5, 5.41) is 0. The number of esters is 2. The fourth-order valence-electron chi connectivity index (χ4n) is 2.57. The number of fused-ring (bicyclic) bond motifs is 1. The fourth-order valence-corrected chi connectivity index (χ4v) is 2.57. The number of rotatable bonds is 3. The summed E-state index contributed by atoms with van der Waals surface area (Å²) in [7, 11) is 0. The zero-order valence-electron chi connectivity index (χ0n) is 10.4. The second-order valence-corrected chi connectivity index (χ2v) is 4.15. The van der Waals surface area contributed by atoms with E-state index in [1.807, 2.05) is 13.0 Å². The molecule has 1 aromatic rings. The van der Waals surface area contributed by atoms with E-state index >= 15 is 0 Å². The topological polar surface area (TPSA) is 43.4 Å². The number of hydrogen-bond donors (Lipinski definition) is 0. The van der Waals surface area contributed by atoms with Crippen LogP contribution in [0.5, 0.6) is 0 Å². The van der Waals surface area contributed by atoms with Gasteiger partial charge in [-0.05, 0) is 42.0 Å². The van der Waals surface area contributed by atoms with Crippen LogP contribution in [-0.4, -0.2) is 11.9 Å². The average molecular weight is 232 g/mol. The fraction of sp³-hybridized carbons (Fsp3) is 0.429. The number of benzene rings is 1. The number of hydrogen-bond acceptors (Lipinski definition) is 3. The first kappa shape index (κ1) is 11.8. The average Bonchev–Trinajstić information content (AvgIpc) is 2.62. The monoisotopic (exact) mass is 232 g/mol. The summed E-state index contributed by atoms with van der Waals surface area (Å²) < 4.78 is 4.70. The molecule has 17 heavy (non-hydrogen) atoms. The van der Waals surface area contributed by atoms with Crippen LogP contribution in [0, 0.1) is 0 Å². The Morgan fingerprint density at radius 1 is 0.941 bits per heavy atom. The summed E-state index contributed by atoms with van der Waals surface area (Å²) in [5.74, 6) is -0.990. The summed E-state index contributed by atoms with van der Waals surface area (Å²) in [5.41, 5.74) is 4.26. The molecule has 90 valence electrons. The highest BCUT2D eigenvalue weighted by Gasteiger charge is 2.33. The molecule has 0 spiro atoms. The maximum Gasteiger partial charge on any atom is 0.347 e. The van der Waals surface area contributed by atoms with E-state index in [4.69, 9.17) is 4.74 Å². The van der Waals surface area contributed by atoms with E-state index < -0.39 is 11.9 Å². The standard InChI is InChI=1S/C14H16O3/c1-4-8-7-11-12(14(16)17-13(11)15)10(6-3)9(8)5-2/h7H,4-6H2,1-3H3. The smallest absolute Gasteiger partial charge is 0.347 e. The predicted molar refractivity (Wildman–Crippen MR) is 64.3 cm³/mol. The van der Waals surface area contributed by atoms with Crippen LogP contribution in [0.15, 0.2) is 6.07 Å². The second-order valence-electron chi connectivity index (χ2n) is 4.15. The van der Waals surface area contributed by atoms with Gasteiger partial charge in [0.05, 0.1) is 11.1 Å². The highest BCUT2D eigenvalue weighted by molar-refractivity contribution is 6.15. The molecule has 1 aromatic carbocycles. The molecule has 0 aliphatic carbocycles. The Morgan fingerprint density at radius 3 is 2.12 bits per heavy atom. The Bertz CT molecular complexity index is 501. The molecular weight excluding hydrogens is 216 g/mol. The third-order valence-electron chi connectivity index (χ3n) is 3.34. The van der Waals surface area contributed by atoms with E-state index in [0.29, 0.717) is 11.1 Å². The first-order valence-electron chi connectivity index (χ1n) is 6.08. The molecule has 0 fully saturated rings. The molecule has 3 nitrogen and oxygen atoms in total. The maximum absolute atomic E-state index is 11.7. The minimum atomic E-state index is -0.503. The summed E-state index contributed by atoms with van der Waals surface area (Å²) in [6, 6.07) is 1.82. The summed E-state index contributed by atoms with van der Waals surface area (Å²) in [6.45, 7) is 6.13. The molecule has 1 heterocycles. The van der Waals surface area contributed by atoms with Gasteiger partial charge in [-0.15, -0.1) is 0 Å². The van der Waals surface area contributed by atoms with E-state index in [0.717, 1.165) is 30.4 Å². The van der Waals surface area contributed by atoms with Crippen LogP contribution < -0.4 is 0 Å². The Labute approximate surface area is 101 Å². The van der Waals surface area contributed by atoms with Crippen molar-refractivity contribution in [3.05, 3.63) is 33.9 Å². The summed E-state index contributed by atoms with van der Waals surface area (Å²) >= 11 is 0. The number of cyclic esters (lactones) is 2. The van der Waals surface area contributed by atoms with Gasteiger partial charge in [0.2, 0.25) is 0 Å². The van der Waals surface area contributed by atoms with Crippen LogP contribution in [0.4, 0.5) is 0 Å². The van der Waals surface area contributed by atoms with E-state index in [1.54, 1.807) is 0 Å². The highest BCUT2D eigenvalue weighted by atomic mass is 16.6. The van der Waals surface area contributed by atoms with Crippen molar-refractivity contribution < 1.29 is 14.3 Å². The van der Waals surface area contributed by atoms with E-state index in [-0.39, 0.29) is 0 Å². The Morgan fingerprint density at radius 2 is 1.59 bits per heavy atom. The predicted octanol–water partition coefficient (Wildman–Crippen LogP) is 2.68. The summed E-state index contributed by atoms with van der Waals surface area (Å²) in [6.07, 6.45) is 2.49. The summed E-state index contributed by atoms with van der Waals surface area (Å²) in [4.78, 5) is 23.2. The number of aryl methyl sites for hydroxylation is 1. The van der Waals surface area contributed by atoms with Gasteiger partial charge in [0.25, 0.3) is 0 Å². The van der Waals surface area contributed by atoms with Crippen LogP contribution >= 0.6 is 0 Å². The van der Waals surface area contributed by atoms with Gasteiger partial charge < -0.3 is 4.74 Å². The van der Waals surface area contributed by atoms with Crippen molar-refractivity contribution in [1.29, 1.82) is 0 Å². The van der Waals surface area contributed by atoms with Gasteiger partial charge in [0.1, 0.15) is 0 Å². The van der Waals surface area contributed by atoms with Crippen LogP contribution in [0.1, 0.15) is 58.2 Å². The molecule has 0 unspecified atom stereocenters. The SMILES string of the molecule is CCc1cc2c(c(CC)c1CC)C(=O)OC2=O. The zero-order chi connectivity index (χ0) is 12.6. The molecule has 0 aromatic heterocycles. The molecule has 0 saturated carbocycles. The van der Waals surface area contributed by atoms with Crippen LogP contribution in [0.2, 0.25) is 0 Å². The molecule has 1 aliphatic heterocycles. The van der Waals surface area contributed by atoms with Crippen molar-refractivity contribution in [3.63, 3.8) is 0 Å². The van der Waals surface area contributed by atoms with Gasteiger partial charge in [-0.2, -0.15) is 0 Å². The van der Waals surface area contributed by atoms with Crippen molar-refractivity contribution in [1.82, 2.24) is 0 Å². The number of ether oxygens (including phenoxy) is 1. The highest BCUT2D eigenvalue weighted by Crippen LogP contribution is 2.30. The molecule has 0 atom stereocenters. The minimum absolute atomic E-state index is 0.445. The van der Waals surface area contributed by atoms with Crippen LogP contribution in [0.3, 0.4) is 0 Å². The number of carbonyl (C=O) groups is 2. The Kier molecular flexibility index (Phi) is 3.01. The Hall–Kier alpha value is -1.64. The largest absolute Gasteiger partial charge is 0.386 e. The van der Waals surface area contributed by atoms with E-state index in [1.165, 1.54) is 5.56 Å². The first-order chi connectivity index (χ1) is 8.13.